The van der Waals surface area contributed by atoms with Gasteiger partial charge >= 0.3 is 0 Å². The molecule has 2 N–H and O–H groups in total. The van der Waals surface area contributed by atoms with Crippen LogP contribution >= 0.6 is 0 Å². The lowest BCUT2D eigenvalue weighted by Crippen LogP contribution is -2.50. The number of fused-ring (bicyclic) bond motifs is 5. The highest BCUT2D eigenvalue weighted by Crippen LogP contribution is 2.67. The summed E-state index contributed by atoms with van der Waals surface area (Å²) < 4.78 is 0. The van der Waals surface area contributed by atoms with E-state index in [9.17, 15) is 10.2 Å². The van der Waals surface area contributed by atoms with E-state index < -0.39 is 0 Å². The third-order valence-electron chi connectivity index (χ3n) is 10.5. The van der Waals surface area contributed by atoms with Crippen LogP contribution in [0, 0.1) is 46.3 Å². The molecule has 4 aliphatic carbocycles. The molecule has 0 aromatic carbocycles. The van der Waals surface area contributed by atoms with Gasteiger partial charge in [0.2, 0.25) is 0 Å². The van der Waals surface area contributed by atoms with Gasteiger partial charge in [0.1, 0.15) is 0 Å². The van der Waals surface area contributed by atoms with Crippen molar-refractivity contribution in [3.05, 3.63) is 11.6 Å². The predicted octanol–water partition coefficient (Wildman–Crippen LogP) is 6.36. The third-order valence-corrected chi connectivity index (χ3v) is 10.5. The van der Waals surface area contributed by atoms with Gasteiger partial charge in [-0.1, -0.05) is 46.3 Å². The normalized spacial score (nSPS) is 46.5. The molecule has 2 heteroatoms. The molecular weight excluding hydrogens is 356 g/mol. The van der Waals surface area contributed by atoms with E-state index in [1.165, 1.54) is 44.9 Å². The Hall–Kier alpha value is -0.340. The molecule has 0 heterocycles. The summed E-state index contributed by atoms with van der Waals surface area (Å²) in [5.41, 5.74) is 2.44. The van der Waals surface area contributed by atoms with Crippen molar-refractivity contribution < 1.29 is 10.2 Å². The maximum absolute atomic E-state index is 10.3. The molecule has 0 amide bonds. The molecule has 0 aromatic rings. The summed E-state index contributed by atoms with van der Waals surface area (Å²) in [6.45, 7) is 11.9. The smallest absolute Gasteiger partial charge is 0.0577 e. The fourth-order valence-electron chi connectivity index (χ4n) is 8.59. The highest BCUT2D eigenvalue weighted by atomic mass is 16.3. The van der Waals surface area contributed by atoms with Crippen LogP contribution in [0.25, 0.3) is 0 Å². The van der Waals surface area contributed by atoms with Gasteiger partial charge in [-0.25, -0.2) is 0 Å². The Morgan fingerprint density at radius 2 is 1.76 bits per heavy atom. The van der Waals surface area contributed by atoms with E-state index in [-0.39, 0.29) is 12.2 Å². The Labute approximate surface area is 179 Å². The zero-order valence-corrected chi connectivity index (χ0v) is 19.7. The molecule has 0 radical (unpaired) electrons. The maximum Gasteiger partial charge on any atom is 0.0577 e. The fourth-order valence-corrected chi connectivity index (χ4v) is 8.59. The van der Waals surface area contributed by atoms with Gasteiger partial charge in [-0.3, -0.25) is 0 Å². The molecule has 2 unspecified atom stereocenters. The van der Waals surface area contributed by atoms with E-state index in [1.54, 1.807) is 5.57 Å². The van der Waals surface area contributed by atoms with E-state index in [4.69, 9.17) is 0 Å². The first-order valence-electron chi connectivity index (χ1n) is 12.7. The van der Waals surface area contributed by atoms with Crippen LogP contribution in [0.3, 0.4) is 0 Å². The van der Waals surface area contributed by atoms with E-state index in [2.05, 4.69) is 40.7 Å². The molecule has 166 valence electrons. The van der Waals surface area contributed by atoms with Crippen LogP contribution < -0.4 is 0 Å². The van der Waals surface area contributed by atoms with E-state index in [0.717, 1.165) is 48.9 Å². The van der Waals surface area contributed by atoms with Crippen LogP contribution in [-0.4, -0.2) is 22.4 Å². The van der Waals surface area contributed by atoms with Gasteiger partial charge in [-0.05, 0) is 111 Å². The lowest BCUT2D eigenvalue weighted by Gasteiger charge is -2.58. The Balaban J connectivity index is 1.49. The molecule has 4 aliphatic rings. The average Bonchev–Trinajstić information content (AvgIpc) is 3.03. The van der Waals surface area contributed by atoms with E-state index in [1.807, 2.05) is 0 Å². The molecule has 0 aromatic heterocycles. The van der Waals surface area contributed by atoms with Crippen molar-refractivity contribution in [2.75, 3.05) is 0 Å². The van der Waals surface area contributed by atoms with Crippen molar-refractivity contribution in [1.29, 1.82) is 0 Å². The zero-order chi connectivity index (χ0) is 21.0. The number of hydrogen-bond acceptors (Lipinski definition) is 2. The highest BCUT2D eigenvalue weighted by Gasteiger charge is 2.59. The Morgan fingerprint density at radius 3 is 2.48 bits per heavy atom. The number of rotatable bonds is 5. The van der Waals surface area contributed by atoms with E-state index in [0.29, 0.717) is 16.7 Å². The van der Waals surface area contributed by atoms with Crippen LogP contribution in [-0.2, 0) is 0 Å². The SMILES string of the molecule is CC(C)[C@@H](O)CC[C@@H](C)C1CC[C@H]2C3CC=C4C[C@@H](O)CC[C@]4(C)[C@H]3CC[C@]12C. The molecule has 3 fully saturated rings. The minimum Gasteiger partial charge on any atom is -0.393 e. The van der Waals surface area contributed by atoms with Crippen molar-refractivity contribution in [1.82, 2.24) is 0 Å². The second-order valence-corrected chi connectivity index (χ2v) is 12.3. The quantitative estimate of drug-likeness (QED) is 0.525. The van der Waals surface area contributed by atoms with Crippen molar-refractivity contribution in [2.45, 2.75) is 111 Å². The van der Waals surface area contributed by atoms with Crippen LogP contribution in [0.4, 0.5) is 0 Å². The fraction of sp³-hybridized carbons (Fsp3) is 0.926. The average molecular weight is 403 g/mol. The second kappa shape index (κ2) is 7.97. The van der Waals surface area contributed by atoms with Crippen LogP contribution in [0.2, 0.25) is 0 Å². The van der Waals surface area contributed by atoms with Crippen molar-refractivity contribution in [3.63, 3.8) is 0 Å². The summed E-state index contributed by atoms with van der Waals surface area (Å²) in [6, 6.07) is 0. The summed E-state index contributed by atoms with van der Waals surface area (Å²) >= 11 is 0. The topological polar surface area (TPSA) is 40.5 Å². The summed E-state index contributed by atoms with van der Waals surface area (Å²) in [4.78, 5) is 0. The summed E-state index contributed by atoms with van der Waals surface area (Å²) in [5.74, 6) is 4.51. The number of aliphatic hydroxyl groups is 2. The minimum atomic E-state index is -0.137. The molecular formula is C27H46O2. The van der Waals surface area contributed by atoms with Gasteiger partial charge in [0.15, 0.2) is 0 Å². The zero-order valence-electron chi connectivity index (χ0n) is 19.7. The first-order valence-corrected chi connectivity index (χ1v) is 12.7. The lowest BCUT2D eigenvalue weighted by atomic mass is 9.47. The summed E-state index contributed by atoms with van der Waals surface area (Å²) in [6.07, 6.45) is 14.4. The van der Waals surface area contributed by atoms with Gasteiger partial charge in [-0.15, -0.1) is 0 Å². The van der Waals surface area contributed by atoms with Crippen molar-refractivity contribution >= 4 is 0 Å². The Morgan fingerprint density at radius 1 is 1.00 bits per heavy atom. The first kappa shape index (κ1) is 21.9. The van der Waals surface area contributed by atoms with Gasteiger partial charge < -0.3 is 10.2 Å². The van der Waals surface area contributed by atoms with Gasteiger partial charge in [0, 0.05) is 0 Å². The molecule has 0 aliphatic heterocycles. The monoisotopic (exact) mass is 402 g/mol. The minimum absolute atomic E-state index is 0.0994. The van der Waals surface area contributed by atoms with Crippen LogP contribution in [0.5, 0.6) is 0 Å². The van der Waals surface area contributed by atoms with Crippen molar-refractivity contribution in [3.8, 4) is 0 Å². The van der Waals surface area contributed by atoms with Crippen LogP contribution in [0.15, 0.2) is 11.6 Å². The number of aliphatic hydroxyl groups excluding tert-OH is 2. The molecule has 0 spiro atoms. The molecule has 3 saturated carbocycles. The summed E-state index contributed by atoms with van der Waals surface area (Å²) in [7, 11) is 0. The molecule has 0 bridgehead atoms. The molecule has 0 saturated heterocycles. The number of hydrogen-bond donors (Lipinski definition) is 2. The number of allylic oxidation sites excluding steroid dienone is 1. The van der Waals surface area contributed by atoms with Crippen molar-refractivity contribution in [2.24, 2.45) is 46.3 Å². The summed E-state index contributed by atoms with van der Waals surface area (Å²) in [5, 5.41) is 20.5. The van der Waals surface area contributed by atoms with Gasteiger partial charge in [-0.2, -0.15) is 0 Å². The standard InChI is InChI=1S/C27H46O2/c1-17(2)25(29)11-6-18(3)22-9-10-23-21-8-7-19-16-20(28)12-14-26(19,4)24(21)13-15-27(22,23)5/h7,17-18,20-25,28-29H,6,8-16H2,1-5H3/t18-,20+,21?,22?,23+,24+,25+,26+,27-/m1/s1. The molecule has 2 nitrogen and oxygen atoms in total. The molecule has 29 heavy (non-hydrogen) atoms. The van der Waals surface area contributed by atoms with Gasteiger partial charge in [0.25, 0.3) is 0 Å². The molecule has 4 rings (SSSR count). The third kappa shape index (κ3) is 3.65. The first-order chi connectivity index (χ1) is 13.7. The highest BCUT2D eigenvalue weighted by molar-refractivity contribution is 5.25. The Bertz CT molecular complexity index is 624. The Kier molecular flexibility index (Phi) is 6.01. The molecule has 9 atom stereocenters. The predicted molar refractivity (Wildman–Crippen MR) is 120 cm³/mol. The van der Waals surface area contributed by atoms with E-state index >= 15 is 0 Å². The van der Waals surface area contributed by atoms with Crippen LogP contribution in [0.1, 0.15) is 98.8 Å². The lowest BCUT2D eigenvalue weighted by molar-refractivity contribution is -0.0579. The maximum atomic E-state index is 10.3. The van der Waals surface area contributed by atoms with Gasteiger partial charge in [0.05, 0.1) is 12.2 Å². The second-order valence-electron chi connectivity index (χ2n) is 12.3. The largest absolute Gasteiger partial charge is 0.393 e.